The number of aliphatic hydroxyl groups excluding tert-OH is 1. The van der Waals surface area contributed by atoms with E-state index in [2.05, 4.69) is 5.32 Å². The van der Waals surface area contributed by atoms with Crippen molar-refractivity contribution < 1.29 is 5.11 Å². The van der Waals surface area contributed by atoms with Crippen LogP contribution in [-0.4, -0.2) is 11.7 Å². The van der Waals surface area contributed by atoms with Crippen LogP contribution in [0.2, 0.25) is 0 Å². The zero-order chi connectivity index (χ0) is 6.97. The molecule has 2 aliphatic rings. The molecule has 2 N–H and O–H groups in total. The summed E-state index contributed by atoms with van der Waals surface area (Å²) in [6.07, 6.45) is 4.90. The fourth-order valence-corrected chi connectivity index (χ4v) is 1.54. The third-order valence-electron chi connectivity index (χ3n) is 2.12. The maximum Gasteiger partial charge on any atom is 0.0946 e. The molecule has 0 bridgehead atoms. The van der Waals surface area contributed by atoms with Crippen LogP contribution < -0.4 is 5.32 Å². The molecule has 0 aromatic heterocycles. The molecule has 0 fully saturated rings. The van der Waals surface area contributed by atoms with E-state index in [0.29, 0.717) is 5.76 Å². The van der Waals surface area contributed by atoms with E-state index >= 15 is 0 Å². The molecule has 2 heteroatoms. The minimum atomic E-state index is 0.521. The zero-order valence-electron chi connectivity index (χ0n) is 5.85. The van der Waals surface area contributed by atoms with Gasteiger partial charge in [-0.2, -0.15) is 0 Å². The van der Waals surface area contributed by atoms with Crippen molar-refractivity contribution in [2.45, 2.75) is 19.3 Å². The number of hydrogen-bond acceptors (Lipinski definition) is 2. The Kier molecular flexibility index (Phi) is 1.19. The van der Waals surface area contributed by atoms with Crippen LogP contribution in [0.25, 0.3) is 0 Å². The monoisotopic (exact) mass is 137 g/mol. The summed E-state index contributed by atoms with van der Waals surface area (Å²) < 4.78 is 0. The van der Waals surface area contributed by atoms with Crippen LogP contribution in [0.15, 0.2) is 23.1 Å². The molecule has 0 saturated carbocycles. The second-order valence-corrected chi connectivity index (χ2v) is 2.83. The Morgan fingerprint density at radius 2 is 2.20 bits per heavy atom. The highest BCUT2D eigenvalue weighted by molar-refractivity contribution is 5.33. The van der Waals surface area contributed by atoms with E-state index in [4.69, 9.17) is 5.11 Å². The van der Waals surface area contributed by atoms with Gasteiger partial charge in [-0.3, -0.25) is 0 Å². The van der Waals surface area contributed by atoms with Crippen molar-refractivity contribution in [3.63, 3.8) is 0 Å². The van der Waals surface area contributed by atoms with Crippen molar-refractivity contribution >= 4 is 0 Å². The van der Waals surface area contributed by atoms with Gasteiger partial charge < -0.3 is 10.4 Å². The van der Waals surface area contributed by atoms with E-state index in [1.54, 1.807) is 0 Å². The molecule has 2 rings (SSSR count). The smallest absolute Gasteiger partial charge is 0.0946 e. The molecule has 0 atom stereocenters. The average Bonchev–Trinajstić information content (AvgIpc) is 2.33. The molecule has 0 aromatic carbocycles. The molecule has 1 aliphatic heterocycles. The lowest BCUT2D eigenvalue weighted by Gasteiger charge is -2.09. The minimum absolute atomic E-state index is 0.521. The molecule has 1 heterocycles. The van der Waals surface area contributed by atoms with Crippen LogP contribution in [0.5, 0.6) is 0 Å². The number of nitrogens with one attached hydrogen (secondary N) is 1. The maximum atomic E-state index is 9.14. The summed E-state index contributed by atoms with van der Waals surface area (Å²) >= 11 is 0. The van der Waals surface area contributed by atoms with Crippen LogP contribution >= 0.6 is 0 Å². The van der Waals surface area contributed by atoms with Gasteiger partial charge in [0.2, 0.25) is 0 Å². The molecule has 0 radical (unpaired) electrons. The van der Waals surface area contributed by atoms with Crippen LogP contribution in [0.1, 0.15) is 19.3 Å². The van der Waals surface area contributed by atoms with Crippen LogP contribution in [0.4, 0.5) is 0 Å². The summed E-state index contributed by atoms with van der Waals surface area (Å²) in [5, 5.41) is 12.4. The summed E-state index contributed by atoms with van der Waals surface area (Å²) in [6.45, 7) is 1.05. The first-order valence-corrected chi connectivity index (χ1v) is 3.72. The second-order valence-electron chi connectivity index (χ2n) is 2.83. The lowest BCUT2D eigenvalue weighted by Crippen LogP contribution is -2.07. The highest BCUT2D eigenvalue weighted by atomic mass is 16.3. The summed E-state index contributed by atoms with van der Waals surface area (Å²) in [5.41, 5.74) is 2.65. The predicted octanol–water partition coefficient (Wildman–Crippen LogP) is 1.47. The van der Waals surface area contributed by atoms with Crippen molar-refractivity contribution in [3.05, 3.63) is 23.1 Å². The number of hydrogen-bond donors (Lipinski definition) is 2. The third-order valence-corrected chi connectivity index (χ3v) is 2.12. The second kappa shape index (κ2) is 2.04. The number of rotatable bonds is 0. The van der Waals surface area contributed by atoms with E-state index < -0.39 is 0 Å². The van der Waals surface area contributed by atoms with E-state index in [0.717, 1.165) is 19.4 Å². The molecule has 0 aromatic rings. The van der Waals surface area contributed by atoms with Gasteiger partial charge in [0.15, 0.2) is 0 Å². The standard InChI is InChI=1S/C8H11NO/c10-7-2-1-6-3-4-9-8(6)5-7/h5,9-10H,1-4H2. The van der Waals surface area contributed by atoms with E-state index in [1.165, 1.54) is 17.7 Å². The number of allylic oxidation sites excluding steroid dienone is 2. The van der Waals surface area contributed by atoms with Crippen molar-refractivity contribution in [1.82, 2.24) is 5.32 Å². The summed E-state index contributed by atoms with van der Waals surface area (Å²) in [7, 11) is 0. The van der Waals surface area contributed by atoms with Gasteiger partial charge in [-0.25, -0.2) is 0 Å². The fourth-order valence-electron chi connectivity index (χ4n) is 1.54. The Balaban J connectivity index is 2.29. The Morgan fingerprint density at radius 3 is 3.10 bits per heavy atom. The number of aliphatic hydroxyl groups is 1. The van der Waals surface area contributed by atoms with E-state index in [-0.39, 0.29) is 0 Å². The van der Waals surface area contributed by atoms with Gasteiger partial charge in [0.25, 0.3) is 0 Å². The van der Waals surface area contributed by atoms with Crippen molar-refractivity contribution in [3.8, 4) is 0 Å². The largest absolute Gasteiger partial charge is 0.512 e. The minimum Gasteiger partial charge on any atom is -0.512 e. The molecule has 10 heavy (non-hydrogen) atoms. The lowest BCUT2D eigenvalue weighted by atomic mass is 10.0. The topological polar surface area (TPSA) is 32.3 Å². The fraction of sp³-hybridized carbons (Fsp3) is 0.500. The molecule has 0 unspecified atom stereocenters. The SMILES string of the molecule is OC1=CC2=C(CCN2)CC1. The van der Waals surface area contributed by atoms with E-state index in [1.807, 2.05) is 6.08 Å². The molecule has 2 nitrogen and oxygen atoms in total. The third kappa shape index (κ3) is 0.801. The van der Waals surface area contributed by atoms with Crippen LogP contribution in [0, 0.1) is 0 Å². The van der Waals surface area contributed by atoms with Gasteiger partial charge in [-0.15, -0.1) is 0 Å². The summed E-state index contributed by atoms with van der Waals surface area (Å²) in [4.78, 5) is 0. The molecular weight excluding hydrogens is 126 g/mol. The van der Waals surface area contributed by atoms with Gasteiger partial charge >= 0.3 is 0 Å². The van der Waals surface area contributed by atoms with E-state index in [9.17, 15) is 0 Å². The van der Waals surface area contributed by atoms with Crippen molar-refractivity contribution in [2.75, 3.05) is 6.54 Å². The molecular formula is C8H11NO. The Labute approximate surface area is 60.2 Å². The quantitative estimate of drug-likeness (QED) is 0.530. The molecule has 0 spiro atoms. The summed E-state index contributed by atoms with van der Waals surface area (Å²) in [6, 6.07) is 0. The van der Waals surface area contributed by atoms with Gasteiger partial charge in [0, 0.05) is 18.7 Å². The van der Waals surface area contributed by atoms with Gasteiger partial charge in [-0.05, 0) is 24.5 Å². The van der Waals surface area contributed by atoms with Crippen LogP contribution in [0.3, 0.4) is 0 Å². The summed E-state index contributed by atoms with van der Waals surface area (Å²) in [5.74, 6) is 0.521. The molecule has 0 amide bonds. The molecule has 54 valence electrons. The normalized spacial score (nSPS) is 23.8. The average molecular weight is 137 g/mol. The maximum absolute atomic E-state index is 9.14. The highest BCUT2D eigenvalue weighted by Gasteiger charge is 2.16. The Bertz CT molecular complexity index is 215. The Morgan fingerprint density at radius 1 is 1.30 bits per heavy atom. The van der Waals surface area contributed by atoms with Gasteiger partial charge in [-0.1, -0.05) is 0 Å². The first kappa shape index (κ1) is 5.83. The lowest BCUT2D eigenvalue weighted by molar-refractivity contribution is 0.384. The zero-order valence-corrected chi connectivity index (χ0v) is 5.85. The predicted molar refractivity (Wildman–Crippen MR) is 39.6 cm³/mol. The van der Waals surface area contributed by atoms with Crippen molar-refractivity contribution in [2.24, 2.45) is 0 Å². The van der Waals surface area contributed by atoms with Crippen LogP contribution in [-0.2, 0) is 0 Å². The molecule has 0 saturated heterocycles. The van der Waals surface area contributed by atoms with Gasteiger partial charge in [0.05, 0.1) is 5.76 Å². The first-order valence-electron chi connectivity index (χ1n) is 3.72. The first-order chi connectivity index (χ1) is 4.86. The Hall–Kier alpha value is -0.920. The van der Waals surface area contributed by atoms with Crippen molar-refractivity contribution in [1.29, 1.82) is 0 Å². The highest BCUT2D eigenvalue weighted by Crippen LogP contribution is 2.26. The van der Waals surface area contributed by atoms with Gasteiger partial charge in [0.1, 0.15) is 0 Å². The molecule has 1 aliphatic carbocycles.